The Bertz CT molecular complexity index is 2490. The summed E-state index contributed by atoms with van der Waals surface area (Å²) in [7, 11) is 0. The summed E-state index contributed by atoms with van der Waals surface area (Å²) in [4.78, 5) is 2.43. The van der Waals surface area contributed by atoms with E-state index in [1.165, 1.54) is 69.3 Å². The van der Waals surface area contributed by atoms with E-state index in [1.807, 2.05) is 11.3 Å². The molecule has 8 aromatic carbocycles. The fraction of sp³-hybridized carbons (Fsp3) is 0. The van der Waals surface area contributed by atoms with Crippen molar-refractivity contribution in [3.8, 4) is 11.1 Å². The second-order valence-electron chi connectivity index (χ2n) is 11.3. The van der Waals surface area contributed by atoms with Crippen molar-refractivity contribution in [2.24, 2.45) is 0 Å². The van der Waals surface area contributed by atoms with Crippen molar-refractivity contribution < 1.29 is 0 Å². The van der Waals surface area contributed by atoms with Crippen LogP contribution in [0.3, 0.4) is 0 Å². The molecule has 0 aliphatic heterocycles. The Labute approximate surface area is 259 Å². The van der Waals surface area contributed by atoms with Gasteiger partial charge in [0.25, 0.3) is 0 Å². The maximum atomic E-state index is 2.43. The molecule has 0 N–H and O–H groups in total. The lowest BCUT2D eigenvalue weighted by atomic mass is 9.99. The average molecular weight is 578 g/mol. The van der Waals surface area contributed by atoms with E-state index in [0.29, 0.717) is 0 Å². The van der Waals surface area contributed by atoms with E-state index in [4.69, 9.17) is 0 Å². The average Bonchev–Trinajstić information content (AvgIpc) is 3.48. The molecule has 0 fully saturated rings. The van der Waals surface area contributed by atoms with Crippen molar-refractivity contribution >= 4 is 80.9 Å². The standard InChI is InChI=1S/C42H27NS/c1-2-9-28(10-3-1)29-19-22-32(23-20-29)43(33-24-21-31-18-17-30-11-4-5-12-34(30)38(31)27-33)39-15-8-14-36-35(39)25-26-41-42(36)37-13-6-7-16-40(37)44-41/h1-27H. The van der Waals surface area contributed by atoms with Crippen LogP contribution in [0.15, 0.2) is 164 Å². The van der Waals surface area contributed by atoms with Crippen LogP contribution in [0.4, 0.5) is 17.1 Å². The zero-order chi connectivity index (χ0) is 29.0. The molecule has 206 valence electrons. The molecule has 44 heavy (non-hydrogen) atoms. The van der Waals surface area contributed by atoms with Crippen LogP contribution in [0, 0.1) is 0 Å². The van der Waals surface area contributed by atoms with Crippen molar-refractivity contribution in [3.05, 3.63) is 164 Å². The molecule has 0 radical (unpaired) electrons. The van der Waals surface area contributed by atoms with E-state index >= 15 is 0 Å². The van der Waals surface area contributed by atoms with E-state index in [2.05, 4.69) is 169 Å². The summed E-state index contributed by atoms with van der Waals surface area (Å²) in [5.74, 6) is 0. The molecule has 0 aliphatic carbocycles. The molecule has 0 atom stereocenters. The lowest BCUT2D eigenvalue weighted by Crippen LogP contribution is -2.10. The largest absolute Gasteiger partial charge is 0.310 e. The Morgan fingerprint density at radius 2 is 1.02 bits per heavy atom. The number of hydrogen-bond donors (Lipinski definition) is 0. The molecule has 1 aromatic heterocycles. The van der Waals surface area contributed by atoms with Gasteiger partial charge < -0.3 is 4.90 Å². The Morgan fingerprint density at radius 3 is 1.89 bits per heavy atom. The van der Waals surface area contributed by atoms with Gasteiger partial charge in [-0.1, -0.05) is 121 Å². The van der Waals surface area contributed by atoms with E-state index in [1.54, 1.807) is 0 Å². The van der Waals surface area contributed by atoms with Crippen LogP contribution in [0.2, 0.25) is 0 Å². The van der Waals surface area contributed by atoms with Gasteiger partial charge in [0.05, 0.1) is 5.69 Å². The Morgan fingerprint density at radius 1 is 0.364 bits per heavy atom. The molecule has 0 bridgehead atoms. The van der Waals surface area contributed by atoms with Crippen molar-refractivity contribution in [2.75, 3.05) is 4.90 Å². The minimum atomic E-state index is 1.13. The smallest absolute Gasteiger partial charge is 0.0540 e. The van der Waals surface area contributed by atoms with Gasteiger partial charge in [-0.25, -0.2) is 0 Å². The Balaban J connectivity index is 1.31. The first-order chi connectivity index (χ1) is 21.8. The first kappa shape index (κ1) is 25.1. The van der Waals surface area contributed by atoms with Crippen molar-refractivity contribution in [1.29, 1.82) is 0 Å². The molecule has 1 nitrogen and oxygen atoms in total. The zero-order valence-corrected chi connectivity index (χ0v) is 24.8. The molecular formula is C42H27NS. The predicted molar refractivity (Wildman–Crippen MR) is 192 cm³/mol. The molecule has 9 aromatic rings. The van der Waals surface area contributed by atoms with Crippen molar-refractivity contribution in [2.45, 2.75) is 0 Å². The summed E-state index contributed by atoms with van der Waals surface area (Å²) in [6.07, 6.45) is 0. The third kappa shape index (κ3) is 4.00. The summed E-state index contributed by atoms with van der Waals surface area (Å²) < 4.78 is 2.65. The summed E-state index contributed by atoms with van der Waals surface area (Å²) in [6, 6.07) is 59.8. The van der Waals surface area contributed by atoms with Gasteiger partial charge in [-0.15, -0.1) is 11.3 Å². The van der Waals surface area contributed by atoms with Gasteiger partial charge in [0.1, 0.15) is 0 Å². The number of benzene rings is 8. The monoisotopic (exact) mass is 577 g/mol. The normalized spacial score (nSPS) is 11.6. The lowest BCUT2D eigenvalue weighted by Gasteiger charge is -2.27. The molecule has 9 rings (SSSR count). The van der Waals surface area contributed by atoms with Gasteiger partial charge in [-0.05, 0) is 80.5 Å². The van der Waals surface area contributed by atoms with E-state index in [-0.39, 0.29) is 0 Å². The molecule has 0 spiro atoms. The number of fused-ring (bicyclic) bond motifs is 8. The van der Waals surface area contributed by atoms with Crippen LogP contribution >= 0.6 is 11.3 Å². The maximum absolute atomic E-state index is 2.43. The number of thiophene rings is 1. The van der Waals surface area contributed by atoms with Crippen molar-refractivity contribution in [1.82, 2.24) is 0 Å². The van der Waals surface area contributed by atoms with Gasteiger partial charge in [0, 0.05) is 36.9 Å². The quantitative estimate of drug-likeness (QED) is 0.188. The molecule has 1 heterocycles. The highest BCUT2D eigenvalue weighted by molar-refractivity contribution is 7.26. The number of hydrogen-bond acceptors (Lipinski definition) is 2. The first-order valence-electron chi connectivity index (χ1n) is 15.0. The van der Waals surface area contributed by atoms with Gasteiger partial charge in [0.15, 0.2) is 0 Å². The Kier molecular flexibility index (Phi) is 5.75. The molecule has 2 heteroatoms. The third-order valence-corrected chi connectivity index (χ3v) is 9.97. The highest BCUT2D eigenvalue weighted by Gasteiger charge is 2.18. The minimum Gasteiger partial charge on any atom is -0.310 e. The second-order valence-corrected chi connectivity index (χ2v) is 12.4. The van der Waals surface area contributed by atoms with Gasteiger partial charge in [0.2, 0.25) is 0 Å². The lowest BCUT2D eigenvalue weighted by molar-refractivity contribution is 1.30. The van der Waals surface area contributed by atoms with Gasteiger partial charge in [-0.3, -0.25) is 0 Å². The molecule has 0 amide bonds. The fourth-order valence-electron chi connectivity index (χ4n) is 6.75. The topological polar surface area (TPSA) is 3.24 Å². The van der Waals surface area contributed by atoms with Gasteiger partial charge in [-0.2, -0.15) is 0 Å². The van der Waals surface area contributed by atoms with Crippen LogP contribution < -0.4 is 4.90 Å². The number of anilines is 3. The van der Waals surface area contributed by atoms with E-state index in [9.17, 15) is 0 Å². The van der Waals surface area contributed by atoms with E-state index < -0.39 is 0 Å². The molecular weight excluding hydrogens is 551 g/mol. The van der Waals surface area contributed by atoms with Crippen LogP contribution in [0.1, 0.15) is 0 Å². The van der Waals surface area contributed by atoms with Crippen LogP contribution in [-0.4, -0.2) is 0 Å². The summed E-state index contributed by atoms with van der Waals surface area (Å²) in [5, 5.41) is 10.2. The maximum Gasteiger partial charge on any atom is 0.0540 e. The number of nitrogens with zero attached hydrogens (tertiary/aromatic N) is 1. The molecule has 0 saturated heterocycles. The van der Waals surface area contributed by atoms with Crippen molar-refractivity contribution in [3.63, 3.8) is 0 Å². The molecule has 0 saturated carbocycles. The first-order valence-corrected chi connectivity index (χ1v) is 15.8. The van der Waals surface area contributed by atoms with Crippen LogP contribution in [-0.2, 0) is 0 Å². The highest BCUT2D eigenvalue weighted by Crippen LogP contribution is 2.45. The van der Waals surface area contributed by atoms with Crippen LogP contribution in [0.25, 0.3) is 63.6 Å². The predicted octanol–water partition coefficient (Wildman–Crippen LogP) is 12.7. The highest BCUT2D eigenvalue weighted by atomic mass is 32.1. The SMILES string of the molecule is c1ccc(-c2ccc(N(c3ccc4ccc5ccccc5c4c3)c3cccc4c3ccc3sc5ccccc5c34)cc2)cc1. The number of rotatable bonds is 4. The molecule has 0 unspecified atom stereocenters. The second kappa shape index (κ2) is 10.1. The zero-order valence-electron chi connectivity index (χ0n) is 23.9. The minimum absolute atomic E-state index is 1.13. The summed E-state index contributed by atoms with van der Waals surface area (Å²) in [6.45, 7) is 0. The van der Waals surface area contributed by atoms with E-state index in [0.717, 1.165) is 11.4 Å². The van der Waals surface area contributed by atoms with Crippen LogP contribution in [0.5, 0.6) is 0 Å². The fourth-order valence-corrected chi connectivity index (χ4v) is 7.87. The Hall–Kier alpha value is -5.44. The third-order valence-electron chi connectivity index (χ3n) is 8.84. The molecule has 0 aliphatic rings. The summed E-state index contributed by atoms with van der Waals surface area (Å²) in [5.41, 5.74) is 5.88. The van der Waals surface area contributed by atoms with Gasteiger partial charge >= 0.3 is 0 Å². The summed E-state index contributed by atoms with van der Waals surface area (Å²) >= 11 is 1.87.